The molecule has 0 aromatic heterocycles. The van der Waals surface area contributed by atoms with Crippen molar-refractivity contribution in [2.75, 3.05) is 7.05 Å². The second-order valence-electron chi connectivity index (χ2n) is 6.87. The fraction of sp³-hybridized carbons (Fsp3) is 0.733. The van der Waals surface area contributed by atoms with Crippen LogP contribution in [0.5, 0.6) is 0 Å². The van der Waals surface area contributed by atoms with E-state index in [1.54, 1.807) is 6.08 Å². The fourth-order valence-electron chi connectivity index (χ4n) is 1.94. The molecule has 0 saturated heterocycles. The van der Waals surface area contributed by atoms with Crippen LogP contribution in [0.4, 0.5) is 0 Å². The Bertz CT molecular complexity index is 420. The molecule has 1 saturated carbocycles. The van der Waals surface area contributed by atoms with Gasteiger partial charge in [0.2, 0.25) is 0 Å². The lowest BCUT2D eigenvalue weighted by molar-refractivity contribution is -0.118. The Balaban J connectivity index is 2.86. The third-order valence-corrected chi connectivity index (χ3v) is 3.35. The Morgan fingerprint density at radius 1 is 1.32 bits per heavy atom. The summed E-state index contributed by atoms with van der Waals surface area (Å²) < 4.78 is 0. The molecule has 1 N–H and O–H groups in total. The van der Waals surface area contributed by atoms with Crippen molar-refractivity contribution in [3.63, 3.8) is 0 Å². The summed E-state index contributed by atoms with van der Waals surface area (Å²) >= 11 is 0. The van der Waals surface area contributed by atoms with E-state index < -0.39 is 0 Å². The van der Waals surface area contributed by atoms with Gasteiger partial charge in [0.1, 0.15) is 11.6 Å². The minimum absolute atomic E-state index is 0.187. The maximum atomic E-state index is 12.1. The summed E-state index contributed by atoms with van der Waals surface area (Å²) in [6, 6.07) is 2.60. The fourth-order valence-corrected chi connectivity index (χ4v) is 1.94. The number of nitrogens with zero attached hydrogens (tertiary/aromatic N) is 2. The molecule has 1 rings (SSSR count). The van der Waals surface area contributed by atoms with Gasteiger partial charge in [0.05, 0.1) is 0 Å². The Hall–Kier alpha value is -1.34. The normalized spacial score (nSPS) is 17.3. The summed E-state index contributed by atoms with van der Waals surface area (Å²) in [4.78, 5) is 14.3. The van der Waals surface area contributed by atoms with Gasteiger partial charge < -0.3 is 5.32 Å². The molecule has 0 heterocycles. The van der Waals surface area contributed by atoms with Gasteiger partial charge in [-0.3, -0.25) is 9.69 Å². The largest absolute Gasteiger partial charge is 0.347 e. The van der Waals surface area contributed by atoms with Gasteiger partial charge in [0, 0.05) is 17.1 Å². The van der Waals surface area contributed by atoms with Gasteiger partial charge in [-0.25, -0.2) is 0 Å². The molecule has 4 nitrogen and oxygen atoms in total. The first-order valence-corrected chi connectivity index (χ1v) is 6.75. The number of carbonyl (C=O) groups excluding carboxylic acids is 1. The second-order valence-corrected chi connectivity index (χ2v) is 6.87. The molecule has 19 heavy (non-hydrogen) atoms. The molecule has 1 aliphatic rings. The van der Waals surface area contributed by atoms with Crippen LogP contribution >= 0.6 is 0 Å². The van der Waals surface area contributed by atoms with E-state index in [-0.39, 0.29) is 22.6 Å². The van der Waals surface area contributed by atoms with Gasteiger partial charge in [-0.1, -0.05) is 0 Å². The van der Waals surface area contributed by atoms with E-state index in [4.69, 9.17) is 0 Å². The van der Waals surface area contributed by atoms with Crippen molar-refractivity contribution >= 4 is 5.91 Å². The molecular weight excluding hydrogens is 238 g/mol. The summed E-state index contributed by atoms with van der Waals surface area (Å²) in [5, 5.41) is 12.0. The van der Waals surface area contributed by atoms with Gasteiger partial charge in [-0.05, 0) is 60.6 Å². The average Bonchev–Trinajstić information content (AvgIpc) is 3.05. The summed E-state index contributed by atoms with van der Waals surface area (Å²) in [5.41, 5.74) is -0.437. The van der Waals surface area contributed by atoms with Crippen molar-refractivity contribution in [3.05, 3.63) is 11.6 Å². The molecule has 0 aliphatic heterocycles. The predicted octanol–water partition coefficient (Wildman–Crippen LogP) is 2.22. The van der Waals surface area contributed by atoms with E-state index in [0.717, 1.165) is 0 Å². The standard InChI is InChI=1S/C15H25N3O/c1-14(2,3)17-13(19)11(10-16)9-15(4,5)18(6)12-7-8-12/h9,12H,7-8H2,1-6H3,(H,17,19)/b11-9+. The van der Waals surface area contributed by atoms with Gasteiger partial charge >= 0.3 is 0 Å². The van der Waals surface area contributed by atoms with Gasteiger partial charge in [-0.2, -0.15) is 5.26 Å². The monoisotopic (exact) mass is 263 g/mol. The summed E-state index contributed by atoms with van der Waals surface area (Å²) in [6.45, 7) is 9.78. The molecule has 0 radical (unpaired) electrons. The number of hydrogen-bond acceptors (Lipinski definition) is 3. The van der Waals surface area contributed by atoms with E-state index >= 15 is 0 Å². The molecule has 106 valence electrons. The van der Waals surface area contributed by atoms with Crippen LogP contribution in [0.15, 0.2) is 11.6 Å². The summed E-state index contributed by atoms with van der Waals surface area (Å²) in [7, 11) is 2.05. The zero-order valence-electron chi connectivity index (χ0n) is 12.9. The van der Waals surface area contributed by atoms with Crippen LogP contribution in [0.1, 0.15) is 47.5 Å². The molecule has 1 aliphatic carbocycles. The first kappa shape index (κ1) is 15.7. The van der Waals surface area contributed by atoms with E-state index in [1.807, 2.05) is 47.7 Å². The minimum atomic E-state index is -0.334. The van der Waals surface area contributed by atoms with Crippen LogP contribution in [0, 0.1) is 11.3 Å². The van der Waals surface area contributed by atoms with Crippen LogP contribution in [0.3, 0.4) is 0 Å². The Labute approximate surface area is 116 Å². The zero-order chi connectivity index (χ0) is 14.8. The first-order valence-electron chi connectivity index (χ1n) is 6.75. The van der Waals surface area contributed by atoms with Crippen molar-refractivity contribution in [2.45, 2.75) is 64.6 Å². The van der Waals surface area contributed by atoms with Gasteiger partial charge in [0.25, 0.3) is 5.91 Å². The van der Waals surface area contributed by atoms with E-state index in [0.29, 0.717) is 6.04 Å². The number of nitriles is 1. The molecule has 1 fully saturated rings. The molecule has 1 amide bonds. The lowest BCUT2D eigenvalue weighted by Gasteiger charge is -2.33. The molecular formula is C15H25N3O. The smallest absolute Gasteiger partial charge is 0.262 e. The zero-order valence-corrected chi connectivity index (χ0v) is 12.9. The first-order chi connectivity index (χ1) is 8.57. The van der Waals surface area contributed by atoms with Crippen molar-refractivity contribution in [2.24, 2.45) is 0 Å². The number of carbonyl (C=O) groups is 1. The number of likely N-dealkylation sites (N-methyl/N-ethyl adjacent to an activating group) is 1. The lowest BCUT2D eigenvalue weighted by Crippen LogP contribution is -2.44. The number of rotatable bonds is 4. The highest BCUT2D eigenvalue weighted by molar-refractivity contribution is 5.97. The molecule has 0 aromatic carbocycles. The quantitative estimate of drug-likeness (QED) is 0.625. The minimum Gasteiger partial charge on any atom is -0.347 e. The number of hydrogen-bond donors (Lipinski definition) is 1. The van der Waals surface area contributed by atoms with Crippen LogP contribution in [0.25, 0.3) is 0 Å². The average molecular weight is 263 g/mol. The highest BCUT2D eigenvalue weighted by Crippen LogP contribution is 2.32. The number of nitrogens with one attached hydrogen (secondary N) is 1. The highest BCUT2D eigenvalue weighted by atomic mass is 16.1. The Morgan fingerprint density at radius 3 is 2.21 bits per heavy atom. The molecule has 0 unspecified atom stereocenters. The highest BCUT2D eigenvalue weighted by Gasteiger charge is 2.35. The third kappa shape index (κ3) is 4.68. The van der Waals surface area contributed by atoms with Crippen LogP contribution < -0.4 is 5.32 Å². The van der Waals surface area contributed by atoms with Crippen molar-refractivity contribution in [3.8, 4) is 6.07 Å². The van der Waals surface area contributed by atoms with Crippen molar-refractivity contribution in [1.29, 1.82) is 5.26 Å². The maximum Gasteiger partial charge on any atom is 0.262 e. The SMILES string of the molecule is CN(C1CC1)C(C)(C)/C=C(\C#N)C(=O)NC(C)(C)C. The van der Waals surface area contributed by atoms with Crippen LogP contribution in [0.2, 0.25) is 0 Å². The predicted molar refractivity (Wildman–Crippen MR) is 76.5 cm³/mol. The van der Waals surface area contributed by atoms with Crippen LogP contribution in [-0.4, -0.2) is 35.0 Å². The summed E-state index contributed by atoms with van der Waals surface area (Å²) in [6.07, 6.45) is 4.17. The second kappa shape index (κ2) is 5.34. The number of amides is 1. The van der Waals surface area contributed by atoms with Crippen molar-refractivity contribution in [1.82, 2.24) is 10.2 Å². The molecule has 0 atom stereocenters. The van der Waals surface area contributed by atoms with Crippen molar-refractivity contribution < 1.29 is 4.79 Å². The maximum absolute atomic E-state index is 12.1. The Kier molecular flexibility index (Phi) is 4.42. The molecule has 0 spiro atoms. The summed E-state index contributed by atoms with van der Waals surface area (Å²) in [5.74, 6) is -0.299. The molecule has 0 bridgehead atoms. The third-order valence-electron chi connectivity index (χ3n) is 3.35. The van der Waals surface area contributed by atoms with Gasteiger partial charge in [-0.15, -0.1) is 0 Å². The lowest BCUT2D eigenvalue weighted by atomic mass is 9.98. The van der Waals surface area contributed by atoms with Gasteiger partial charge in [0.15, 0.2) is 0 Å². The Morgan fingerprint density at radius 2 is 1.84 bits per heavy atom. The topological polar surface area (TPSA) is 56.1 Å². The van der Waals surface area contributed by atoms with E-state index in [9.17, 15) is 10.1 Å². The molecule has 0 aromatic rings. The van der Waals surface area contributed by atoms with Crippen LogP contribution in [-0.2, 0) is 4.79 Å². The van der Waals surface area contributed by atoms with E-state index in [1.165, 1.54) is 12.8 Å². The van der Waals surface area contributed by atoms with E-state index in [2.05, 4.69) is 10.2 Å². The molecule has 4 heteroatoms.